The maximum Gasteiger partial charge on any atom is 0.188 e. The van der Waals surface area contributed by atoms with E-state index in [-0.39, 0.29) is 0 Å². The van der Waals surface area contributed by atoms with Crippen LogP contribution in [-0.4, -0.2) is 50.3 Å². The number of hydrogen-bond acceptors (Lipinski definition) is 5. The monoisotopic (exact) mass is 238 g/mol. The van der Waals surface area contributed by atoms with Crippen LogP contribution in [0.4, 0.5) is 0 Å². The van der Waals surface area contributed by atoms with Crippen LogP contribution < -0.4 is 5.32 Å². The van der Waals surface area contributed by atoms with E-state index in [1.165, 1.54) is 17.6 Å². The summed E-state index contributed by atoms with van der Waals surface area (Å²) in [5, 5.41) is 15.7. The van der Waals surface area contributed by atoms with Gasteiger partial charge < -0.3 is 5.32 Å². The summed E-state index contributed by atoms with van der Waals surface area (Å²) in [6.07, 6.45) is 2.57. The first-order chi connectivity index (χ1) is 8.15. The molecular formula is C11H22N6. The van der Waals surface area contributed by atoms with E-state index in [0.29, 0.717) is 12.1 Å². The van der Waals surface area contributed by atoms with Gasteiger partial charge in [-0.2, -0.15) is 4.80 Å². The molecule has 6 heteroatoms. The van der Waals surface area contributed by atoms with Gasteiger partial charge in [0, 0.05) is 18.6 Å². The fourth-order valence-electron chi connectivity index (χ4n) is 2.22. The minimum absolute atomic E-state index is 0.501. The van der Waals surface area contributed by atoms with Crippen molar-refractivity contribution in [3.63, 3.8) is 0 Å². The van der Waals surface area contributed by atoms with Crippen molar-refractivity contribution in [2.45, 2.75) is 45.3 Å². The average Bonchev–Trinajstić information content (AvgIpc) is 2.89. The van der Waals surface area contributed by atoms with Gasteiger partial charge in [0.1, 0.15) is 0 Å². The highest BCUT2D eigenvalue weighted by Crippen LogP contribution is 2.11. The van der Waals surface area contributed by atoms with Gasteiger partial charge >= 0.3 is 0 Å². The van der Waals surface area contributed by atoms with E-state index in [1.54, 1.807) is 7.05 Å². The molecule has 0 aromatic carbocycles. The molecule has 17 heavy (non-hydrogen) atoms. The van der Waals surface area contributed by atoms with Crippen LogP contribution in [0.5, 0.6) is 0 Å². The lowest BCUT2D eigenvalue weighted by molar-refractivity contribution is 0.189. The van der Waals surface area contributed by atoms with Crippen LogP contribution in [0.2, 0.25) is 0 Å². The Hall–Kier alpha value is -1.01. The highest BCUT2D eigenvalue weighted by molar-refractivity contribution is 4.83. The Morgan fingerprint density at radius 3 is 2.88 bits per heavy atom. The maximum absolute atomic E-state index is 4.24. The van der Waals surface area contributed by atoms with Crippen LogP contribution in [0.1, 0.15) is 32.5 Å². The van der Waals surface area contributed by atoms with Crippen LogP contribution in [0.3, 0.4) is 0 Å². The molecule has 1 unspecified atom stereocenters. The maximum atomic E-state index is 4.24. The Kier molecular flexibility index (Phi) is 4.06. The number of nitrogens with one attached hydrogen (secondary N) is 1. The summed E-state index contributed by atoms with van der Waals surface area (Å²) in [4.78, 5) is 3.92. The molecule has 0 amide bonds. The lowest BCUT2D eigenvalue weighted by atomic mass is 10.2. The number of tetrazole rings is 1. The van der Waals surface area contributed by atoms with Gasteiger partial charge in [0.2, 0.25) is 0 Å². The van der Waals surface area contributed by atoms with Crippen molar-refractivity contribution in [1.29, 1.82) is 0 Å². The van der Waals surface area contributed by atoms with E-state index in [0.717, 1.165) is 25.5 Å². The zero-order valence-electron chi connectivity index (χ0n) is 10.9. The molecule has 96 valence electrons. The van der Waals surface area contributed by atoms with Crippen LogP contribution in [0.15, 0.2) is 0 Å². The zero-order chi connectivity index (χ0) is 12.3. The van der Waals surface area contributed by atoms with Gasteiger partial charge in [0.05, 0.1) is 13.6 Å². The van der Waals surface area contributed by atoms with Crippen molar-refractivity contribution in [2.24, 2.45) is 7.05 Å². The molecule has 0 radical (unpaired) electrons. The Morgan fingerprint density at radius 2 is 2.35 bits per heavy atom. The van der Waals surface area contributed by atoms with Crippen molar-refractivity contribution in [1.82, 2.24) is 30.4 Å². The average molecular weight is 238 g/mol. The highest BCUT2D eigenvalue weighted by atomic mass is 15.6. The second-order valence-electron chi connectivity index (χ2n) is 5.01. The van der Waals surface area contributed by atoms with E-state index in [1.807, 2.05) is 0 Å². The quantitative estimate of drug-likeness (QED) is 0.792. The predicted octanol–water partition coefficient (Wildman–Crippen LogP) is 0.173. The summed E-state index contributed by atoms with van der Waals surface area (Å²) >= 11 is 0. The first-order valence-electron chi connectivity index (χ1n) is 6.35. The molecule has 1 aliphatic heterocycles. The van der Waals surface area contributed by atoms with E-state index in [9.17, 15) is 0 Å². The third-order valence-electron chi connectivity index (χ3n) is 3.24. The highest BCUT2D eigenvalue weighted by Gasteiger charge is 2.20. The Balaban J connectivity index is 1.92. The van der Waals surface area contributed by atoms with E-state index in [4.69, 9.17) is 0 Å². The van der Waals surface area contributed by atoms with Gasteiger partial charge in [-0.05, 0) is 38.4 Å². The van der Waals surface area contributed by atoms with Crippen molar-refractivity contribution >= 4 is 0 Å². The minimum Gasteiger partial charge on any atom is -0.313 e. The number of nitrogens with zero attached hydrogens (tertiary/aromatic N) is 5. The molecule has 0 saturated carbocycles. The molecular weight excluding hydrogens is 216 g/mol. The molecule has 1 saturated heterocycles. The third-order valence-corrected chi connectivity index (χ3v) is 3.24. The van der Waals surface area contributed by atoms with Gasteiger partial charge in [-0.1, -0.05) is 0 Å². The number of aryl methyl sites for hydroxylation is 1. The first kappa shape index (κ1) is 12.4. The summed E-state index contributed by atoms with van der Waals surface area (Å²) < 4.78 is 0. The molecule has 1 atom stereocenters. The van der Waals surface area contributed by atoms with Crippen molar-refractivity contribution in [3.8, 4) is 0 Å². The molecule has 0 bridgehead atoms. The van der Waals surface area contributed by atoms with Gasteiger partial charge in [0.15, 0.2) is 5.82 Å². The summed E-state index contributed by atoms with van der Waals surface area (Å²) in [6.45, 7) is 7.43. The lowest BCUT2D eigenvalue weighted by Gasteiger charge is -2.27. The van der Waals surface area contributed by atoms with Crippen molar-refractivity contribution in [2.75, 3.05) is 13.1 Å². The normalized spacial score (nSPS) is 20.6. The van der Waals surface area contributed by atoms with E-state index >= 15 is 0 Å². The number of rotatable bonds is 5. The van der Waals surface area contributed by atoms with Gasteiger partial charge in [-0.25, -0.2) is 0 Å². The van der Waals surface area contributed by atoms with E-state index < -0.39 is 0 Å². The molecule has 0 aliphatic carbocycles. The number of hydrogen-bond donors (Lipinski definition) is 1. The first-order valence-corrected chi connectivity index (χ1v) is 6.35. The van der Waals surface area contributed by atoms with Gasteiger partial charge in [0.25, 0.3) is 0 Å². The molecule has 2 rings (SSSR count). The van der Waals surface area contributed by atoms with Crippen LogP contribution in [-0.2, 0) is 13.6 Å². The molecule has 1 aromatic rings. The standard InChI is InChI=1S/C11H22N6/c1-9(2)17(7-10-5-4-6-12-10)8-11-13-15-16(3)14-11/h9-10,12H,4-8H2,1-3H3. The smallest absolute Gasteiger partial charge is 0.188 e. The molecule has 2 heterocycles. The molecule has 1 N–H and O–H groups in total. The molecule has 6 nitrogen and oxygen atoms in total. The Bertz CT molecular complexity index is 341. The molecule has 1 aliphatic rings. The fourth-order valence-corrected chi connectivity index (χ4v) is 2.22. The van der Waals surface area contributed by atoms with Crippen molar-refractivity contribution < 1.29 is 0 Å². The van der Waals surface area contributed by atoms with Gasteiger partial charge in [-0.3, -0.25) is 4.90 Å². The van der Waals surface area contributed by atoms with Gasteiger partial charge in [-0.15, -0.1) is 10.2 Å². The Labute approximate surface area is 102 Å². The molecule has 1 fully saturated rings. The molecule has 1 aromatic heterocycles. The van der Waals surface area contributed by atoms with E-state index in [2.05, 4.69) is 39.5 Å². The van der Waals surface area contributed by atoms with Crippen LogP contribution in [0.25, 0.3) is 0 Å². The lowest BCUT2D eigenvalue weighted by Crippen LogP contribution is -2.41. The second kappa shape index (κ2) is 5.55. The Morgan fingerprint density at radius 1 is 1.53 bits per heavy atom. The SMILES string of the molecule is CC(C)N(Cc1nnn(C)n1)CC1CCCN1. The van der Waals surface area contributed by atoms with Crippen LogP contribution >= 0.6 is 0 Å². The third kappa shape index (κ3) is 3.47. The summed E-state index contributed by atoms with van der Waals surface area (Å²) in [6, 6.07) is 1.12. The van der Waals surface area contributed by atoms with Crippen LogP contribution in [0, 0.1) is 0 Å². The minimum atomic E-state index is 0.501. The number of aromatic nitrogens is 4. The predicted molar refractivity (Wildman–Crippen MR) is 65.4 cm³/mol. The fraction of sp³-hybridized carbons (Fsp3) is 0.909. The summed E-state index contributed by atoms with van der Waals surface area (Å²) in [5.74, 6) is 0.805. The zero-order valence-corrected chi connectivity index (χ0v) is 10.9. The topological polar surface area (TPSA) is 58.9 Å². The van der Waals surface area contributed by atoms with Crippen molar-refractivity contribution in [3.05, 3.63) is 5.82 Å². The second-order valence-corrected chi connectivity index (χ2v) is 5.01. The summed E-state index contributed by atoms with van der Waals surface area (Å²) in [7, 11) is 1.80. The summed E-state index contributed by atoms with van der Waals surface area (Å²) in [5.41, 5.74) is 0. The largest absolute Gasteiger partial charge is 0.313 e. The molecule has 0 spiro atoms.